The molecule has 0 bridgehead atoms. The molecule has 12 heavy (non-hydrogen) atoms. The Morgan fingerprint density at radius 1 is 1.75 bits per heavy atom. The fourth-order valence-electron chi connectivity index (χ4n) is 1.01. The zero-order valence-corrected chi connectivity index (χ0v) is 6.86. The van der Waals surface area contributed by atoms with Gasteiger partial charge in [-0.3, -0.25) is 4.98 Å². The van der Waals surface area contributed by atoms with Crippen molar-refractivity contribution in [2.24, 2.45) is 0 Å². The third kappa shape index (κ3) is 1.60. The molecular formula is C9H10N2O. The van der Waals surface area contributed by atoms with Gasteiger partial charge in [-0.2, -0.15) is 5.26 Å². The van der Waals surface area contributed by atoms with Crippen LogP contribution >= 0.6 is 0 Å². The van der Waals surface area contributed by atoms with Crippen molar-refractivity contribution in [3.05, 3.63) is 29.6 Å². The summed E-state index contributed by atoms with van der Waals surface area (Å²) < 4.78 is 0. The van der Waals surface area contributed by atoms with Crippen LogP contribution in [0.5, 0.6) is 0 Å². The van der Waals surface area contributed by atoms with Crippen LogP contribution in [0.15, 0.2) is 18.5 Å². The lowest BCUT2D eigenvalue weighted by Gasteiger charge is -2.08. The maximum atomic E-state index is 9.46. The molecule has 0 fully saturated rings. The van der Waals surface area contributed by atoms with Gasteiger partial charge in [-0.15, -0.1) is 0 Å². The van der Waals surface area contributed by atoms with E-state index in [1.54, 1.807) is 12.3 Å². The number of nitriles is 1. The average Bonchev–Trinajstić information content (AvgIpc) is 2.16. The van der Waals surface area contributed by atoms with E-state index < -0.39 is 6.10 Å². The fraction of sp³-hybridized carbons (Fsp3) is 0.333. The quantitative estimate of drug-likeness (QED) is 0.715. The van der Waals surface area contributed by atoms with E-state index in [2.05, 4.69) is 4.98 Å². The first-order chi connectivity index (χ1) is 5.79. The average molecular weight is 162 g/mol. The molecule has 1 atom stereocenters. The van der Waals surface area contributed by atoms with Crippen LogP contribution in [0.2, 0.25) is 0 Å². The maximum Gasteiger partial charge on any atom is 0.101 e. The van der Waals surface area contributed by atoms with Gasteiger partial charge in [0, 0.05) is 18.0 Å². The van der Waals surface area contributed by atoms with Crippen molar-refractivity contribution in [3.63, 3.8) is 0 Å². The fourth-order valence-corrected chi connectivity index (χ4v) is 1.01. The summed E-state index contributed by atoms with van der Waals surface area (Å²) in [4.78, 5) is 3.80. The molecule has 0 spiro atoms. The molecule has 0 amide bonds. The van der Waals surface area contributed by atoms with Crippen molar-refractivity contribution >= 4 is 0 Å². The number of pyridine rings is 1. The molecule has 1 unspecified atom stereocenters. The van der Waals surface area contributed by atoms with Gasteiger partial charge in [0.25, 0.3) is 0 Å². The van der Waals surface area contributed by atoms with Crippen molar-refractivity contribution in [3.8, 4) is 6.07 Å². The van der Waals surface area contributed by atoms with Crippen molar-refractivity contribution in [1.29, 1.82) is 5.26 Å². The van der Waals surface area contributed by atoms with E-state index in [4.69, 9.17) is 5.26 Å². The summed E-state index contributed by atoms with van der Waals surface area (Å²) in [6.45, 7) is 1.87. The Morgan fingerprint density at radius 2 is 2.50 bits per heavy atom. The Bertz CT molecular complexity index is 304. The van der Waals surface area contributed by atoms with Crippen LogP contribution in [-0.2, 0) is 0 Å². The van der Waals surface area contributed by atoms with Crippen molar-refractivity contribution in [2.45, 2.75) is 19.4 Å². The summed E-state index contributed by atoms with van der Waals surface area (Å²) in [7, 11) is 0. The molecule has 0 saturated heterocycles. The third-order valence-electron chi connectivity index (χ3n) is 1.72. The van der Waals surface area contributed by atoms with Crippen LogP contribution in [0.4, 0.5) is 0 Å². The monoisotopic (exact) mass is 162 g/mol. The third-order valence-corrected chi connectivity index (χ3v) is 1.72. The summed E-state index contributed by atoms with van der Waals surface area (Å²) in [6, 6.07) is 3.66. The topological polar surface area (TPSA) is 56.9 Å². The SMILES string of the molecule is CCC(O)c1ccncc1C#N. The molecule has 1 aromatic rings. The van der Waals surface area contributed by atoms with Crippen molar-refractivity contribution < 1.29 is 5.11 Å². The molecule has 0 aliphatic heterocycles. The van der Waals surface area contributed by atoms with Gasteiger partial charge >= 0.3 is 0 Å². The first-order valence-corrected chi connectivity index (χ1v) is 3.81. The van der Waals surface area contributed by atoms with Crippen LogP contribution in [0.3, 0.4) is 0 Å². The zero-order valence-electron chi connectivity index (χ0n) is 6.86. The lowest BCUT2D eigenvalue weighted by atomic mass is 10.0. The molecule has 1 aromatic heterocycles. The smallest absolute Gasteiger partial charge is 0.101 e. The molecule has 1 N–H and O–H groups in total. The molecule has 3 heteroatoms. The van der Waals surface area contributed by atoms with E-state index >= 15 is 0 Å². The molecule has 1 rings (SSSR count). The summed E-state index contributed by atoms with van der Waals surface area (Å²) in [6.07, 6.45) is 3.10. The standard InChI is InChI=1S/C9H10N2O/c1-2-9(12)8-3-4-11-6-7(8)5-10/h3-4,6,9,12H,2H2,1H3. The van der Waals surface area contributed by atoms with E-state index in [1.807, 2.05) is 13.0 Å². The summed E-state index contributed by atoms with van der Waals surface area (Å²) in [5.41, 5.74) is 1.11. The number of rotatable bonds is 2. The van der Waals surface area contributed by atoms with E-state index in [0.29, 0.717) is 17.5 Å². The summed E-state index contributed by atoms with van der Waals surface area (Å²) in [5, 5.41) is 18.1. The van der Waals surface area contributed by atoms with E-state index in [9.17, 15) is 5.11 Å². The van der Waals surface area contributed by atoms with E-state index in [-0.39, 0.29) is 0 Å². The Balaban J connectivity index is 3.07. The van der Waals surface area contributed by atoms with Gasteiger partial charge in [0.1, 0.15) is 6.07 Å². The molecular weight excluding hydrogens is 152 g/mol. The lowest BCUT2D eigenvalue weighted by Crippen LogP contribution is -1.98. The summed E-state index contributed by atoms with van der Waals surface area (Å²) >= 11 is 0. The minimum Gasteiger partial charge on any atom is -0.388 e. The van der Waals surface area contributed by atoms with Gasteiger partial charge in [-0.05, 0) is 12.5 Å². The van der Waals surface area contributed by atoms with Gasteiger partial charge < -0.3 is 5.11 Å². The Hall–Kier alpha value is -1.40. The highest BCUT2D eigenvalue weighted by Gasteiger charge is 2.08. The second kappa shape index (κ2) is 3.84. The maximum absolute atomic E-state index is 9.46. The molecule has 1 heterocycles. The first kappa shape index (κ1) is 8.69. The Morgan fingerprint density at radius 3 is 3.08 bits per heavy atom. The van der Waals surface area contributed by atoms with Crippen LogP contribution in [0.25, 0.3) is 0 Å². The van der Waals surface area contributed by atoms with Gasteiger partial charge in [0.15, 0.2) is 0 Å². The normalized spacial score (nSPS) is 12.1. The predicted molar refractivity (Wildman–Crippen MR) is 44.2 cm³/mol. The minimum atomic E-state index is -0.553. The molecule has 0 aliphatic rings. The van der Waals surface area contributed by atoms with Crippen LogP contribution in [-0.4, -0.2) is 10.1 Å². The first-order valence-electron chi connectivity index (χ1n) is 3.81. The van der Waals surface area contributed by atoms with Crippen LogP contribution in [0.1, 0.15) is 30.6 Å². The molecule has 0 aliphatic carbocycles. The van der Waals surface area contributed by atoms with Crippen LogP contribution < -0.4 is 0 Å². The van der Waals surface area contributed by atoms with Gasteiger partial charge in [0.2, 0.25) is 0 Å². The zero-order chi connectivity index (χ0) is 8.97. The second-order valence-electron chi connectivity index (χ2n) is 2.50. The van der Waals surface area contributed by atoms with Crippen molar-refractivity contribution in [1.82, 2.24) is 4.98 Å². The van der Waals surface area contributed by atoms with E-state index in [1.165, 1.54) is 6.20 Å². The largest absolute Gasteiger partial charge is 0.388 e. The Labute approximate surface area is 71.3 Å². The number of aromatic nitrogens is 1. The van der Waals surface area contributed by atoms with Crippen LogP contribution in [0, 0.1) is 11.3 Å². The highest BCUT2D eigenvalue weighted by molar-refractivity contribution is 5.35. The highest BCUT2D eigenvalue weighted by Crippen LogP contribution is 2.18. The predicted octanol–water partition coefficient (Wildman–Crippen LogP) is 1.40. The summed E-state index contributed by atoms with van der Waals surface area (Å²) in [5.74, 6) is 0. The highest BCUT2D eigenvalue weighted by atomic mass is 16.3. The van der Waals surface area contributed by atoms with Crippen molar-refractivity contribution in [2.75, 3.05) is 0 Å². The second-order valence-corrected chi connectivity index (χ2v) is 2.50. The van der Waals surface area contributed by atoms with Gasteiger partial charge in [0.05, 0.1) is 11.7 Å². The number of hydrogen-bond donors (Lipinski definition) is 1. The molecule has 0 saturated carbocycles. The minimum absolute atomic E-state index is 0.451. The number of hydrogen-bond acceptors (Lipinski definition) is 3. The number of aliphatic hydroxyl groups is 1. The molecule has 62 valence electrons. The van der Waals surface area contributed by atoms with E-state index in [0.717, 1.165) is 0 Å². The number of aliphatic hydroxyl groups excluding tert-OH is 1. The van der Waals surface area contributed by atoms with Gasteiger partial charge in [-0.25, -0.2) is 0 Å². The molecule has 0 aromatic carbocycles. The number of nitrogens with zero attached hydrogens (tertiary/aromatic N) is 2. The molecule has 0 radical (unpaired) electrons. The lowest BCUT2D eigenvalue weighted by molar-refractivity contribution is 0.173. The van der Waals surface area contributed by atoms with Gasteiger partial charge in [-0.1, -0.05) is 6.92 Å². The molecule has 3 nitrogen and oxygen atoms in total. The Kier molecular flexibility index (Phi) is 2.78.